The molecule has 0 saturated heterocycles. The lowest BCUT2D eigenvalue weighted by atomic mass is 9.87. The van der Waals surface area contributed by atoms with Crippen molar-refractivity contribution in [1.82, 2.24) is 0 Å². The van der Waals surface area contributed by atoms with Crippen molar-refractivity contribution in [2.75, 3.05) is 5.33 Å². The van der Waals surface area contributed by atoms with E-state index >= 15 is 0 Å². The molecule has 0 atom stereocenters. The Morgan fingerprint density at radius 1 is 1.33 bits per heavy atom. The molecule has 0 nitrogen and oxygen atoms in total. The van der Waals surface area contributed by atoms with Gasteiger partial charge in [0.2, 0.25) is 5.92 Å². The van der Waals surface area contributed by atoms with Crippen molar-refractivity contribution in [3.63, 3.8) is 0 Å². The molecule has 0 aliphatic heterocycles. The fourth-order valence-electron chi connectivity index (χ4n) is 1.50. The van der Waals surface area contributed by atoms with E-state index in [0.29, 0.717) is 18.8 Å². The molecule has 0 radical (unpaired) electrons. The molecule has 0 spiro atoms. The third-order valence-corrected chi connectivity index (χ3v) is 2.63. The molecule has 0 amide bonds. The van der Waals surface area contributed by atoms with Gasteiger partial charge in [0.15, 0.2) is 0 Å². The van der Waals surface area contributed by atoms with Crippen LogP contribution in [-0.4, -0.2) is 11.3 Å². The minimum absolute atomic E-state index is 0.0598. The van der Waals surface area contributed by atoms with E-state index < -0.39 is 5.92 Å². The van der Waals surface area contributed by atoms with Crippen molar-refractivity contribution in [3.05, 3.63) is 12.2 Å². The predicted molar refractivity (Wildman–Crippen MR) is 49.8 cm³/mol. The second-order valence-electron chi connectivity index (χ2n) is 3.28. The highest BCUT2D eigenvalue weighted by Gasteiger charge is 2.33. The maximum atomic E-state index is 12.7. The van der Waals surface area contributed by atoms with Crippen LogP contribution in [0.2, 0.25) is 0 Å². The highest BCUT2D eigenvalue weighted by atomic mass is 79.9. The SMILES string of the molecule is FC1(F)CCC(/C=C/CBr)CC1. The summed E-state index contributed by atoms with van der Waals surface area (Å²) in [5, 5.41) is 0.819. The second-order valence-corrected chi connectivity index (χ2v) is 3.92. The topological polar surface area (TPSA) is 0 Å². The number of allylic oxidation sites excluding steroid dienone is 2. The number of hydrogen-bond donors (Lipinski definition) is 0. The Labute approximate surface area is 80.2 Å². The van der Waals surface area contributed by atoms with Crippen molar-refractivity contribution < 1.29 is 8.78 Å². The Morgan fingerprint density at radius 3 is 2.42 bits per heavy atom. The molecule has 12 heavy (non-hydrogen) atoms. The van der Waals surface area contributed by atoms with Crippen LogP contribution in [0, 0.1) is 5.92 Å². The molecule has 70 valence electrons. The van der Waals surface area contributed by atoms with Crippen LogP contribution in [0.15, 0.2) is 12.2 Å². The van der Waals surface area contributed by atoms with E-state index in [1.807, 2.05) is 12.2 Å². The molecular formula is C9H13BrF2. The van der Waals surface area contributed by atoms with Gasteiger partial charge in [0.1, 0.15) is 0 Å². The highest BCUT2D eigenvalue weighted by Crippen LogP contribution is 2.36. The standard InChI is InChI=1S/C9H13BrF2/c10-7-1-2-8-3-5-9(11,12)6-4-8/h1-2,8H,3-7H2/b2-1+. The molecule has 1 saturated carbocycles. The highest BCUT2D eigenvalue weighted by molar-refractivity contribution is 9.09. The van der Waals surface area contributed by atoms with Crippen LogP contribution < -0.4 is 0 Å². The lowest BCUT2D eigenvalue weighted by molar-refractivity contribution is -0.0411. The first-order chi connectivity index (χ1) is 5.64. The molecular weight excluding hydrogens is 226 g/mol. The van der Waals surface area contributed by atoms with Crippen LogP contribution in [0.1, 0.15) is 25.7 Å². The zero-order chi connectivity index (χ0) is 9.03. The van der Waals surface area contributed by atoms with Gasteiger partial charge in [0, 0.05) is 18.2 Å². The molecule has 1 aliphatic carbocycles. The van der Waals surface area contributed by atoms with E-state index in [-0.39, 0.29) is 12.8 Å². The minimum atomic E-state index is -2.39. The summed E-state index contributed by atoms with van der Waals surface area (Å²) in [6.45, 7) is 0. The molecule has 0 unspecified atom stereocenters. The Kier molecular flexibility index (Phi) is 3.69. The van der Waals surface area contributed by atoms with Crippen LogP contribution in [0.4, 0.5) is 8.78 Å². The maximum Gasteiger partial charge on any atom is 0.248 e. The van der Waals surface area contributed by atoms with Crippen molar-refractivity contribution in [1.29, 1.82) is 0 Å². The third-order valence-electron chi connectivity index (χ3n) is 2.26. The van der Waals surface area contributed by atoms with Gasteiger partial charge in [-0.3, -0.25) is 0 Å². The molecule has 3 heteroatoms. The van der Waals surface area contributed by atoms with Gasteiger partial charge in [-0.15, -0.1) is 0 Å². The van der Waals surface area contributed by atoms with Crippen molar-refractivity contribution >= 4 is 15.9 Å². The summed E-state index contributed by atoms with van der Waals surface area (Å²) in [4.78, 5) is 0. The van der Waals surface area contributed by atoms with Crippen LogP contribution >= 0.6 is 15.9 Å². The third kappa shape index (κ3) is 3.21. The van der Waals surface area contributed by atoms with Gasteiger partial charge in [-0.05, 0) is 18.8 Å². The Bertz CT molecular complexity index is 156. The van der Waals surface area contributed by atoms with Crippen LogP contribution in [0.3, 0.4) is 0 Å². The zero-order valence-corrected chi connectivity index (χ0v) is 8.49. The number of alkyl halides is 3. The van der Waals surface area contributed by atoms with E-state index in [1.165, 1.54) is 0 Å². The van der Waals surface area contributed by atoms with Crippen molar-refractivity contribution in [2.24, 2.45) is 5.92 Å². The summed E-state index contributed by atoms with van der Waals surface area (Å²) >= 11 is 3.26. The van der Waals surface area contributed by atoms with E-state index in [4.69, 9.17) is 0 Å². The molecule has 0 heterocycles. The Balaban J connectivity index is 2.31. The lowest BCUT2D eigenvalue weighted by Gasteiger charge is -2.26. The average molecular weight is 239 g/mol. The van der Waals surface area contributed by atoms with E-state index in [1.54, 1.807) is 0 Å². The predicted octanol–water partition coefficient (Wildman–Crippen LogP) is 3.76. The van der Waals surface area contributed by atoms with Gasteiger partial charge < -0.3 is 0 Å². The van der Waals surface area contributed by atoms with Crippen LogP contribution in [0.5, 0.6) is 0 Å². The van der Waals surface area contributed by atoms with Gasteiger partial charge in [-0.2, -0.15) is 0 Å². The van der Waals surface area contributed by atoms with Crippen LogP contribution in [-0.2, 0) is 0 Å². The fourth-order valence-corrected chi connectivity index (χ4v) is 1.71. The first-order valence-electron chi connectivity index (χ1n) is 4.24. The maximum absolute atomic E-state index is 12.7. The molecule has 0 aromatic rings. The summed E-state index contributed by atoms with van der Waals surface area (Å²) in [6.07, 6.45) is 5.43. The summed E-state index contributed by atoms with van der Waals surface area (Å²) in [6, 6.07) is 0. The van der Waals surface area contributed by atoms with Crippen LogP contribution in [0.25, 0.3) is 0 Å². The van der Waals surface area contributed by atoms with Gasteiger partial charge in [0.25, 0.3) is 0 Å². The van der Waals surface area contributed by atoms with Gasteiger partial charge in [0.05, 0.1) is 0 Å². The number of rotatable bonds is 2. The molecule has 1 rings (SSSR count). The normalized spacial score (nSPS) is 24.9. The summed E-state index contributed by atoms with van der Waals surface area (Å²) < 4.78 is 25.3. The van der Waals surface area contributed by atoms with Gasteiger partial charge >= 0.3 is 0 Å². The van der Waals surface area contributed by atoms with E-state index in [0.717, 1.165) is 5.33 Å². The molecule has 0 bridgehead atoms. The second kappa shape index (κ2) is 4.35. The molecule has 1 aliphatic rings. The average Bonchev–Trinajstić information content (AvgIpc) is 2.03. The first-order valence-corrected chi connectivity index (χ1v) is 5.37. The largest absolute Gasteiger partial charge is 0.248 e. The summed E-state index contributed by atoms with van der Waals surface area (Å²) in [5.74, 6) is -2.01. The van der Waals surface area contributed by atoms with E-state index in [9.17, 15) is 8.78 Å². The Morgan fingerprint density at radius 2 is 1.92 bits per heavy atom. The number of halogens is 3. The fraction of sp³-hybridized carbons (Fsp3) is 0.778. The lowest BCUT2D eigenvalue weighted by Crippen LogP contribution is -2.23. The Hall–Kier alpha value is 0.0800. The summed E-state index contributed by atoms with van der Waals surface area (Å²) in [5.41, 5.74) is 0. The zero-order valence-electron chi connectivity index (χ0n) is 6.90. The monoisotopic (exact) mass is 238 g/mol. The summed E-state index contributed by atoms with van der Waals surface area (Å²) in [7, 11) is 0. The first kappa shape index (κ1) is 10.2. The molecule has 1 fully saturated rings. The van der Waals surface area contributed by atoms with Crippen molar-refractivity contribution in [2.45, 2.75) is 31.6 Å². The van der Waals surface area contributed by atoms with Gasteiger partial charge in [-0.1, -0.05) is 28.1 Å². The number of hydrogen-bond acceptors (Lipinski definition) is 0. The minimum Gasteiger partial charge on any atom is -0.207 e. The van der Waals surface area contributed by atoms with Crippen molar-refractivity contribution in [3.8, 4) is 0 Å². The molecule has 0 N–H and O–H groups in total. The molecule has 0 aromatic carbocycles. The van der Waals surface area contributed by atoms with Gasteiger partial charge in [-0.25, -0.2) is 8.78 Å². The van der Waals surface area contributed by atoms with E-state index in [2.05, 4.69) is 15.9 Å². The quantitative estimate of drug-likeness (QED) is 0.508. The smallest absolute Gasteiger partial charge is 0.207 e. The molecule has 0 aromatic heterocycles.